The van der Waals surface area contributed by atoms with Gasteiger partial charge in [-0.25, -0.2) is 28.5 Å². The number of hydrogen-bond acceptors (Lipinski definition) is 7. The second kappa shape index (κ2) is 6.20. The number of cyclic esters (lactones) is 1. The van der Waals surface area contributed by atoms with Gasteiger partial charge in [0, 0.05) is 11.8 Å². The van der Waals surface area contributed by atoms with E-state index in [1.807, 2.05) is 0 Å². The number of carboxylic acids is 1. The van der Waals surface area contributed by atoms with Gasteiger partial charge in [-0.3, -0.25) is 4.90 Å². The van der Waals surface area contributed by atoms with E-state index >= 15 is 0 Å². The van der Waals surface area contributed by atoms with Gasteiger partial charge in [-0.15, -0.1) is 0 Å². The number of hydrogen-bond donors (Lipinski definition) is 1. The molecular weight excluding hydrogens is 361 g/mol. The molecule has 0 saturated carbocycles. The molecule has 1 unspecified atom stereocenters. The Labute approximate surface area is 150 Å². The molecule has 1 saturated heterocycles. The Morgan fingerprint density at radius 1 is 1.44 bits per heavy atom. The standard InChI is InChI=1S/C16H12FN5O5/c1-26-14-9(4-8(17)5-18-14)11-7-27-16(25)22(11)12-2-3-21-13(20-12)10(6-19-21)15(23)24/h2-6,11H,7H2,1H3,(H,23,24). The number of carboxylic acid groups (broad SMARTS) is 1. The zero-order valence-electron chi connectivity index (χ0n) is 13.9. The normalized spacial score (nSPS) is 16.6. The number of aromatic carboxylic acids is 1. The average molecular weight is 373 g/mol. The second-order valence-electron chi connectivity index (χ2n) is 5.63. The fraction of sp³-hybridized carbons (Fsp3) is 0.188. The van der Waals surface area contributed by atoms with Gasteiger partial charge in [-0.05, 0) is 12.1 Å². The van der Waals surface area contributed by atoms with E-state index in [0.29, 0.717) is 5.56 Å². The number of halogens is 1. The summed E-state index contributed by atoms with van der Waals surface area (Å²) in [5.41, 5.74) is 0.241. The van der Waals surface area contributed by atoms with Gasteiger partial charge >= 0.3 is 12.1 Å². The molecule has 0 spiro atoms. The minimum absolute atomic E-state index is 0.0581. The molecule has 27 heavy (non-hydrogen) atoms. The number of anilines is 1. The van der Waals surface area contributed by atoms with E-state index in [1.54, 1.807) is 0 Å². The first-order chi connectivity index (χ1) is 13.0. The van der Waals surface area contributed by atoms with Gasteiger partial charge in [0.1, 0.15) is 29.8 Å². The van der Waals surface area contributed by atoms with Crippen LogP contribution in [-0.4, -0.2) is 50.5 Å². The molecule has 1 amide bonds. The molecule has 138 valence electrons. The van der Waals surface area contributed by atoms with E-state index in [-0.39, 0.29) is 29.5 Å². The molecule has 0 aliphatic carbocycles. The molecule has 3 aromatic rings. The minimum atomic E-state index is -1.20. The van der Waals surface area contributed by atoms with Crippen LogP contribution in [-0.2, 0) is 4.74 Å². The Kier molecular flexibility index (Phi) is 3.83. The van der Waals surface area contributed by atoms with Crippen LogP contribution in [0.2, 0.25) is 0 Å². The number of carbonyl (C=O) groups is 2. The monoisotopic (exact) mass is 373 g/mol. The third-order valence-electron chi connectivity index (χ3n) is 4.10. The first-order valence-corrected chi connectivity index (χ1v) is 7.72. The molecular formula is C16H12FN5O5. The Morgan fingerprint density at radius 3 is 3.00 bits per heavy atom. The molecule has 0 bridgehead atoms. The Bertz CT molecular complexity index is 1070. The van der Waals surface area contributed by atoms with Crippen molar-refractivity contribution in [2.24, 2.45) is 0 Å². The largest absolute Gasteiger partial charge is 0.481 e. The molecule has 4 heterocycles. The SMILES string of the molecule is COc1ncc(F)cc1C1COC(=O)N1c1ccn2ncc(C(=O)O)c2n1. The second-order valence-corrected chi connectivity index (χ2v) is 5.63. The van der Waals surface area contributed by atoms with E-state index in [9.17, 15) is 19.1 Å². The van der Waals surface area contributed by atoms with Crippen LogP contribution in [0.25, 0.3) is 5.65 Å². The lowest BCUT2D eigenvalue weighted by Crippen LogP contribution is -2.29. The molecule has 1 fully saturated rings. The zero-order chi connectivity index (χ0) is 19.1. The van der Waals surface area contributed by atoms with Crippen molar-refractivity contribution in [1.29, 1.82) is 0 Å². The molecule has 0 radical (unpaired) electrons. The molecule has 3 aromatic heterocycles. The maximum atomic E-state index is 13.7. The number of rotatable bonds is 4. The van der Waals surface area contributed by atoms with E-state index < -0.39 is 23.9 Å². The van der Waals surface area contributed by atoms with Crippen molar-refractivity contribution in [2.45, 2.75) is 6.04 Å². The van der Waals surface area contributed by atoms with Gasteiger partial charge in [0.05, 0.1) is 19.5 Å². The van der Waals surface area contributed by atoms with Crippen molar-refractivity contribution < 1.29 is 28.6 Å². The maximum Gasteiger partial charge on any atom is 0.416 e. The number of amides is 1. The quantitative estimate of drug-likeness (QED) is 0.733. The third kappa shape index (κ3) is 2.69. The molecule has 1 atom stereocenters. The van der Waals surface area contributed by atoms with Crippen LogP contribution in [0.1, 0.15) is 22.0 Å². The van der Waals surface area contributed by atoms with Crippen LogP contribution in [0.5, 0.6) is 5.88 Å². The van der Waals surface area contributed by atoms with Gasteiger partial charge in [-0.1, -0.05) is 0 Å². The van der Waals surface area contributed by atoms with E-state index in [1.165, 1.54) is 34.9 Å². The Balaban J connectivity index is 1.83. The number of nitrogens with zero attached hydrogens (tertiary/aromatic N) is 5. The molecule has 0 aromatic carbocycles. The van der Waals surface area contributed by atoms with Crippen molar-refractivity contribution >= 4 is 23.5 Å². The lowest BCUT2D eigenvalue weighted by Gasteiger charge is -2.21. The van der Waals surface area contributed by atoms with Gasteiger partial charge < -0.3 is 14.6 Å². The molecule has 1 N–H and O–H groups in total. The fourth-order valence-electron chi connectivity index (χ4n) is 2.90. The summed E-state index contributed by atoms with van der Waals surface area (Å²) in [6.07, 6.45) is 2.92. The number of ether oxygens (including phenoxy) is 2. The van der Waals surface area contributed by atoms with Crippen molar-refractivity contribution in [3.63, 3.8) is 0 Å². The zero-order valence-corrected chi connectivity index (χ0v) is 13.9. The number of aromatic nitrogens is 4. The molecule has 1 aliphatic heterocycles. The highest BCUT2D eigenvalue weighted by molar-refractivity contribution is 5.95. The average Bonchev–Trinajstić information content (AvgIpc) is 3.24. The summed E-state index contributed by atoms with van der Waals surface area (Å²) in [6, 6.07) is 1.93. The topological polar surface area (TPSA) is 119 Å². The summed E-state index contributed by atoms with van der Waals surface area (Å²) in [5.74, 6) is -1.53. The summed E-state index contributed by atoms with van der Waals surface area (Å²) in [4.78, 5) is 32.9. The van der Waals surface area contributed by atoms with Crippen molar-refractivity contribution in [1.82, 2.24) is 19.6 Å². The lowest BCUT2D eigenvalue weighted by molar-refractivity contribution is 0.0698. The fourth-order valence-corrected chi connectivity index (χ4v) is 2.90. The molecule has 11 heteroatoms. The van der Waals surface area contributed by atoms with E-state index in [0.717, 1.165) is 12.4 Å². The summed E-state index contributed by atoms with van der Waals surface area (Å²) >= 11 is 0. The van der Waals surface area contributed by atoms with Crippen LogP contribution < -0.4 is 9.64 Å². The minimum Gasteiger partial charge on any atom is -0.481 e. The highest BCUT2D eigenvalue weighted by Crippen LogP contribution is 2.36. The van der Waals surface area contributed by atoms with Gasteiger partial charge in [0.2, 0.25) is 5.88 Å². The summed E-state index contributed by atoms with van der Waals surface area (Å²) in [5, 5.41) is 13.1. The predicted molar refractivity (Wildman–Crippen MR) is 87.3 cm³/mol. The third-order valence-corrected chi connectivity index (χ3v) is 4.10. The van der Waals surface area contributed by atoms with E-state index in [4.69, 9.17) is 9.47 Å². The van der Waals surface area contributed by atoms with Crippen LogP contribution in [0.4, 0.5) is 15.0 Å². The number of methoxy groups -OCH3 is 1. The van der Waals surface area contributed by atoms with Gasteiger partial charge in [-0.2, -0.15) is 5.10 Å². The number of pyridine rings is 1. The van der Waals surface area contributed by atoms with Crippen molar-refractivity contribution in [3.05, 3.63) is 47.7 Å². The Hall–Kier alpha value is -3.76. The van der Waals surface area contributed by atoms with Crippen LogP contribution in [0, 0.1) is 5.82 Å². The van der Waals surface area contributed by atoms with Crippen molar-refractivity contribution in [3.8, 4) is 5.88 Å². The highest BCUT2D eigenvalue weighted by atomic mass is 19.1. The molecule has 1 aliphatic rings. The highest BCUT2D eigenvalue weighted by Gasteiger charge is 2.38. The number of carbonyl (C=O) groups excluding carboxylic acids is 1. The summed E-state index contributed by atoms with van der Waals surface area (Å²) in [7, 11) is 1.38. The smallest absolute Gasteiger partial charge is 0.416 e. The molecule has 4 rings (SSSR count). The Morgan fingerprint density at radius 2 is 2.26 bits per heavy atom. The lowest BCUT2D eigenvalue weighted by atomic mass is 10.1. The first-order valence-electron chi connectivity index (χ1n) is 7.72. The van der Waals surface area contributed by atoms with Gasteiger partial charge in [0.25, 0.3) is 0 Å². The summed E-state index contributed by atoms with van der Waals surface area (Å²) in [6.45, 7) is -0.0712. The number of fused-ring (bicyclic) bond motifs is 1. The predicted octanol–water partition coefficient (Wildman–Crippen LogP) is 1.67. The van der Waals surface area contributed by atoms with Gasteiger partial charge in [0.15, 0.2) is 5.65 Å². The van der Waals surface area contributed by atoms with Crippen molar-refractivity contribution in [2.75, 3.05) is 18.6 Å². The maximum absolute atomic E-state index is 13.7. The van der Waals surface area contributed by atoms with Crippen LogP contribution in [0.3, 0.4) is 0 Å². The molecule has 10 nitrogen and oxygen atoms in total. The summed E-state index contributed by atoms with van der Waals surface area (Å²) < 4.78 is 25.2. The first kappa shape index (κ1) is 16.7. The van der Waals surface area contributed by atoms with Crippen LogP contribution >= 0.6 is 0 Å². The van der Waals surface area contributed by atoms with E-state index in [2.05, 4.69) is 15.1 Å². The van der Waals surface area contributed by atoms with Crippen LogP contribution in [0.15, 0.2) is 30.7 Å².